The summed E-state index contributed by atoms with van der Waals surface area (Å²) >= 11 is 0. The van der Waals surface area contributed by atoms with Crippen molar-refractivity contribution in [3.8, 4) is 11.5 Å². The monoisotopic (exact) mass is 270 g/mol. The minimum atomic E-state index is 0.267. The number of nitrogens with zero attached hydrogens (tertiary/aromatic N) is 1. The van der Waals surface area contributed by atoms with Crippen LogP contribution in [0.1, 0.15) is 37.6 Å². The molecule has 1 N–H and O–H groups in total. The zero-order valence-electron chi connectivity index (χ0n) is 12.4. The molecule has 2 aromatic rings. The van der Waals surface area contributed by atoms with E-state index in [4.69, 9.17) is 4.74 Å². The van der Waals surface area contributed by atoms with Gasteiger partial charge >= 0.3 is 0 Å². The minimum Gasteiger partial charge on any atom is -0.456 e. The van der Waals surface area contributed by atoms with Crippen LogP contribution in [0.4, 0.5) is 0 Å². The number of pyridine rings is 1. The highest BCUT2D eigenvalue weighted by Gasteiger charge is 2.06. The molecule has 0 radical (unpaired) electrons. The third-order valence-electron chi connectivity index (χ3n) is 3.16. The molecule has 2 rings (SSSR count). The fraction of sp³-hybridized carbons (Fsp3) is 0.353. The van der Waals surface area contributed by atoms with Crippen LogP contribution in [-0.4, -0.2) is 11.5 Å². The van der Waals surface area contributed by atoms with Gasteiger partial charge in [0, 0.05) is 6.04 Å². The summed E-state index contributed by atoms with van der Waals surface area (Å²) in [6.45, 7) is 7.35. The lowest BCUT2D eigenvalue weighted by Crippen LogP contribution is -2.20. The molecular formula is C17H22N2O. The normalized spacial score (nSPS) is 12.2. The topological polar surface area (TPSA) is 34.1 Å². The van der Waals surface area contributed by atoms with Crippen LogP contribution in [0.25, 0.3) is 0 Å². The van der Waals surface area contributed by atoms with Crippen LogP contribution in [-0.2, 0) is 0 Å². The van der Waals surface area contributed by atoms with Gasteiger partial charge in [-0.1, -0.05) is 24.6 Å². The SMILES string of the molecule is CCCNC(C)c1ccc(Oc2ccc(C)cc2)cn1. The maximum absolute atomic E-state index is 5.77. The average molecular weight is 270 g/mol. The van der Waals surface area contributed by atoms with Crippen molar-refractivity contribution in [1.29, 1.82) is 0 Å². The summed E-state index contributed by atoms with van der Waals surface area (Å²) in [7, 11) is 0. The van der Waals surface area contributed by atoms with Crippen LogP contribution >= 0.6 is 0 Å². The molecule has 106 valence electrons. The van der Waals surface area contributed by atoms with Crippen LogP contribution < -0.4 is 10.1 Å². The van der Waals surface area contributed by atoms with E-state index in [1.54, 1.807) is 6.20 Å². The van der Waals surface area contributed by atoms with E-state index in [2.05, 4.69) is 31.1 Å². The molecule has 0 fully saturated rings. The molecule has 0 aliphatic rings. The van der Waals surface area contributed by atoms with Crippen molar-refractivity contribution in [1.82, 2.24) is 10.3 Å². The van der Waals surface area contributed by atoms with E-state index in [-0.39, 0.29) is 6.04 Å². The number of aryl methyl sites for hydroxylation is 1. The highest BCUT2D eigenvalue weighted by atomic mass is 16.5. The second kappa shape index (κ2) is 7.06. The predicted octanol–water partition coefficient (Wildman–Crippen LogP) is 4.24. The summed E-state index contributed by atoms with van der Waals surface area (Å²) in [5.74, 6) is 1.60. The molecule has 0 amide bonds. The van der Waals surface area contributed by atoms with E-state index in [9.17, 15) is 0 Å². The van der Waals surface area contributed by atoms with Gasteiger partial charge in [0.2, 0.25) is 0 Å². The Labute approximate surface area is 121 Å². The Bertz CT molecular complexity index is 520. The Morgan fingerprint density at radius 1 is 1.10 bits per heavy atom. The number of aromatic nitrogens is 1. The van der Waals surface area contributed by atoms with E-state index in [1.807, 2.05) is 36.4 Å². The molecule has 1 aromatic carbocycles. The van der Waals surface area contributed by atoms with E-state index < -0.39 is 0 Å². The first-order valence-corrected chi connectivity index (χ1v) is 7.13. The summed E-state index contributed by atoms with van der Waals surface area (Å²) in [6, 6.07) is 12.2. The second-order valence-corrected chi connectivity index (χ2v) is 5.01. The Morgan fingerprint density at radius 2 is 1.80 bits per heavy atom. The number of hydrogen-bond donors (Lipinski definition) is 1. The first-order valence-electron chi connectivity index (χ1n) is 7.13. The number of rotatable bonds is 6. The van der Waals surface area contributed by atoms with Gasteiger partial charge in [0.25, 0.3) is 0 Å². The minimum absolute atomic E-state index is 0.267. The van der Waals surface area contributed by atoms with Gasteiger partial charge < -0.3 is 10.1 Å². The van der Waals surface area contributed by atoms with Gasteiger partial charge in [0.05, 0.1) is 11.9 Å². The molecule has 20 heavy (non-hydrogen) atoms. The highest BCUT2D eigenvalue weighted by Crippen LogP contribution is 2.22. The van der Waals surface area contributed by atoms with E-state index in [1.165, 1.54) is 5.56 Å². The lowest BCUT2D eigenvalue weighted by Gasteiger charge is -2.13. The van der Waals surface area contributed by atoms with Crippen molar-refractivity contribution >= 4 is 0 Å². The smallest absolute Gasteiger partial charge is 0.145 e. The van der Waals surface area contributed by atoms with Crippen molar-refractivity contribution in [3.05, 3.63) is 53.9 Å². The largest absolute Gasteiger partial charge is 0.456 e. The molecule has 0 saturated carbocycles. The third kappa shape index (κ3) is 4.07. The molecule has 0 saturated heterocycles. The molecule has 0 aliphatic heterocycles. The summed E-state index contributed by atoms with van der Waals surface area (Å²) in [5.41, 5.74) is 2.26. The first kappa shape index (κ1) is 14.5. The van der Waals surface area contributed by atoms with Crippen molar-refractivity contribution in [2.75, 3.05) is 6.54 Å². The fourth-order valence-electron chi connectivity index (χ4n) is 1.92. The quantitative estimate of drug-likeness (QED) is 0.852. The molecule has 3 heteroatoms. The van der Waals surface area contributed by atoms with Crippen LogP contribution in [0.3, 0.4) is 0 Å². The zero-order chi connectivity index (χ0) is 14.4. The van der Waals surface area contributed by atoms with Crippen molar-refractivity contribution in [3.63, 3.8) is 0 Å². The first-order chi connectivity index (χ1) is 9.69. The summed E-state index contributed by atoms with van der Waals surface area (Å²) < 4.78 is 5.77. The van der Waals surface area contributed by atoms with Gasteiger partial charge in [-0.25, -0.2) is 0 Å². The molecule has 1 unspecified atom stereocenters. The van der Waals surface area contributed by atoms with Crippen molar-refractivity contribution in [2.24, 2.45) is 0 Å². The predicted molar refractivity (Wildman–Crippen MR) is 82.2 cm³/mol. The van der Waals surface area contributed by atoms with Gasteiger partial charge in [0.1, 0.15) is 11.5 Å². The van der Waals surface area contributed by atoms with Crippen LogP contribution in [0.15, 0.2) is 42.6 Å². The molecule has 1 aromatic heterocycles. The van der Waals surface area contributed by atoms with E-state index >= 15 is 0 Å². The molecule has 0 spiro atoms. The van der Waals surface area contributed by atoms with Gasteiger partial charge in [-0.15, -0.1) is 0 Å². The van der Waals surface area contributed by atoms with E-state index in [0.717, 1.165) is 30.2 Å². The fourth-order valence-corrected chi connectivity index (χ4v) is 1.92. The Kier molecular flexibility index (Phi) is 5.13. The van der Waals surface area contributed by atoms with Crippen molar-refractivity contribution in [2.45, 2.75) is 33.2 Å². The summed E-state index contributed by atoms with van der Waals surface area (Å²) in [5, 5.41) is 3.42. The molecule has 0 aliphatic carbocycles. The Balaban J connectivity index is 1.99. The van der Waals surface area contributed by atoms with Gasteiger partial charge in [-0.05, 0) is 51.1 Å². The van der Waals surface area contributed by atoms with Crippen molar-refractivity contribution < 1.29 is 4.74 Å². The van der Waals surface area contributed by atoms with Gasteiger partial charge in [-0.3, -0.25) is 4.98 Å². The number of hydrogen-bond acceptors (Lipinski definition) is 3. The molecular weight excluding hydrogens is 248 g/mol. The zero-order valence-corrected chi connectivity index (χ0v) is 12.4. The number of nitrogens with one attached hydrogen (secondary N) is 1. The number of ether oxygens (including phenoxy) is 1. The van der Waals surface area contributed by atoms with E-state index in [0.29, 0.717) is 0 Å². The lowest BCUT2D eigenvalue weighted by atomic mass is 10.2. The van der Waals surface area contributed by atoms with Crippen LogP contribution in [0, 0.1) is 6.92 Å². The highest BCUT2D eigenvalue weighted by molar-refractivity contribution is 5.32. The maximum Gasteiger partial charge on any atom is 0.145 e. The average Bonchev–Trinajstić information content (AvgIpc) is 2.48. The lowest BCUT2D eigenvalue weighted by molar-refractivity contribution is 0.477. The molecule has 0 bridgehead atoms. The van der Waals surface area contributed by atoms with Gasteiger partial charge in [-0.2, -0.15) is 0 Å². The Hall–Kier alpha value is -1.87. The van der Waals surface area contributed by atoms with Crippen LogP contribution in [0.5, 0.6) is 11.5 Å². The summed E-state index contributed by atoms with van der Waals surface area (Å²) in [6.07, 6.45) is 2.90. The molecule has 1 atom stereocenters. The number of benzene rings is 1. The Morgan fingerprint density at radius 3 is 2.40 bits per heavy atom. The second-order valence-electron chi connectivity index (χ2n) is 5.01. The van der Waals surface area contributed by atoms with Crippen LogP contribution in [0.2, 0.25) is 0 Å². The molecule has 3 nitrogen and oxygen atoms in total. The standard InChI is InChI=1S/C17H22N2O/c1-4-11-18-14(3)17-10-9-16(12-19-17)20-15-7-5-13(2)6-8-15/h5-10,12,14,18H,4,11H2,1-3H3. The van der Waals surface area contributed by atoms with Gasteiger partial charge in [0.15, 0.2) is 0 Å². The maximum atomic E-state index is 5.77. The summed E-state index contributed by atoms with van der Waals surface area (Å²) in [4.78, 5) is 4.46. The third-order valence-corrected chi connectivity index (χ3v) is 3.16. The molecule has 1 heterocycles.